The highest BCUT2D eigenvalue weighted by atomic mass is 35.5. The molecule has 0 bridgehead atoms. The monoisotopic (exact) mass is 401 g/mol. The summed E-state index contributed by atoms with van der Waals surface area (Å²) < 4.78 is 0. The van der Waals surface area contributed by atoms with E-state index >= 15 is 0 Å². The minimum absolute atomic E-state index is 0. The van der Waals surface area contributed by atoms with Gasteiger partial charge in [0, 0.05) is 23.7 Å². The number of nitrogens with one attached hydrogen (secondary N) is 2. The first-order valence-electron chi connectivity index (χ1n) is 8.89. The van der Waals surface area contributed by atoms with E-state index in [-0.39, 0.29) is 41.7 Å². The van der Waals surface area contributed by atoms with E-state index in [1.54, 1.807) is 18.2 Å². The third kappa shape index (κ3) is 6.15. The first kappa shape index (κ1) is 22.7. The molecule has 2 rings (SSSR count). The van der Waals surface area contributed by atoms with Crippen LogP contribution in [-0.4, -0.2) is 23.4 Å². The van der Waals surface area contributed by atoms with E-state index in [4.69, 9.17) is 17.3 Å². The van der Waals surface area contributed by atoms with Crippen LogP contribution in [-0.2, 0) is 4.79 Å². The summed E-state index contributed by atoms with van der Waals surface area (Å²) in [5.74, 6) is -0.0359. The average Bonchev–Trinajstić information content (AvgIpc) is 2.91. The number of rotatable bonds is 6. The van der Waals surface area contributed by atoms with Crippen molar-refractivity contribution in [2.45, 2.75) is 64.5 Å². The van der Waals surface area contributed by atoms with Crippen LogP contribution in [0.1, 0.15) is 63.2 Å². The third-order valence-corrected chi connectivity index (χ3v) is 5.31. The Labute approximate surface area is 166 Å². The molecular formula is C19H29Cl2N3O2. The normalized spacial score (nSPS) is 19.6. The lowest BCUT2D eigenvalue weighted by Gasteiger charge is -2.24. The Bertz CT molecular complexity index is 650. The van der Waals surface area contributed by atoms with Crippen molar-refractivity contribution in [2.24, 2.45) is 11.7 Å². The topological polar surface area (TPSA) is 84.2 Å². The lowest BCUT2D eigenvalue weighted by molar-refractivity contribution is -0.117. The fraction of sp³-hybridized carbons (Fsp3) is 0.579. The Morgan fingerprint density at radius 1 is 1.31 bits per heavy atom. The molecule has 7 heteroatoms. The molecule has 0 spiro atoms. The summed E-state index contributed by atoms with van der Waals surface area (Å²) in [6.45, 7) is 5.93. The van der Waals surface area contributed by atoms with Crippen molar-refractivity contribution in [3.05, 3.63) is 28.8 Å². The smallest absolute Gasteiger partial charge is 0.253 e. The van der Waals surface area contributed by atoms with E-state index in [2.05, 4.69) is 10.6 Å². The highest BCUT2D eigenvalue weighted by molar-refractivity contribution is 6.34. The Hall–Kier alpha value is -1.30. The van der Waals surface area contributed by atoms with Crippen LogP contribution in [0.15, 0.2) is 18.2 Å². The molecule has 146 valence electrons. The second-order valence-electron chi connectivity index (χ2n) is 7.49. The lowest BCUT2D eigenvalue weighted by atomic mass is 10.00. The van der Waals surface area contributed by atoms with Crippen molar-refractivity contribution >= 4 is 41.5 Å². The van der Waals surface area contributed by atoms with Crippen LogP contribution in [0.25, 0.3) is 0 Å². The summed E-state index contributed by atoms with van der Waals surface area (Å²) in [7, 11) is 0. The maximum atomic E-state index is 12.3. The molecule has 2 atom stereocenters. The van der Waals surface area contributed by atoms with E-state index in [0.29, 0.717) is 22.7 Å². The number of benzene rings is 1. The maximum Gasteiger partial charge on any atom is 0.253 e. The van der Waals surface area contributed by atoms with Crippen LogP contribution >= 0.6 is 24.0 Å². The number of carbonyl (C=O) groups is 2. The van der Waals surface area contributed by atoms with Crippen molar-refractivity contribution < 1.29 is 9.59 Å². The summed E-state index contributed by atoms with van der Waals surface area (Å²) in [5, 5.41) is 6.12. The van der Waals surface area contributed by atoms with Crippen LogP contribution in [0.2, 0.25) is 5.02 Å². The molecular weight excluding hydrogens is 373 g/mol. The maximum absolute atomic E-state index is 12.3. The molecule has 1 fully saturated rings. The number of carbonyl (C=O) groups excluding carboxylic acids is 2. The predicted octanol–water partition coefficient (Wildman–Crippen LogP) is 4.14. The first-order valence-corrected chi connectivity index (χ1v) is 9.27. The minimum Gasteiger partial charge on any atom is -0.347 e. The van der Waals surface area contributed by atoms with Gasteiger partial charge in [0.15, 0.2) is 0 Å². The van der Waals surface area contributed by atoms with Gasteiger partial charge in [-0.25, -0.2) is 0 Å². The summed E-state index contributed by atoms with van der Waals surface area (Å²) in [4.78, 5) is 24.5. The van der Waals surface area contributed by atoms with Gasteiger partial charge in [-0.15, -0.1) is 12.4 Å². The van der Waals surface area contributed by atoms with Crippen molar-refractivity contribution in [1.82, 2.24) is 5.32 Å². The second kappa shape index (κ2) is 9.58. The van der Waals surface area contributed by atoms with Gasteiger partial charge < -0.3 is 16.4 Å². The van der Waals surface area contributed by atoms with Crippen molar-refractivity contribution in [1.29, 1.82) is 0 Å². The van der Waals surface area contributed by atoms with E-state index in [0.717, 1.165) is 25.7 Å². The molecule has 1 aliphatic rings. The van der Waals surface area contributed by atoms with Crippen LogP contribution in [0.5, 0.6) is 0 Å². The fourth-order valence-electron chi connectivity index (χ4n) is 3.01. The fourth-order valence-corrected chi connectivity index (χ4v) is 3.28. The molecule has 5 nitrogen and oxygen atoms in total. The van der Waals surface area contributed by atoms with Crippen LogP contribution in [0.3, 0.4) is 0 Å². The zero-order valence-corrected chi connectivity index (χ0v) is 17.2. The van der Waals surface area contributed by atoms with E-state index in [1.165, 1.54) is 0 Å². The predicted molar refractivity (Wildman–Crippen MR) is 109 cm³/mol. The van der Waals surface area contributed by atoms with Gasteiger partial charge in [-0.2, -0.15) is 0 Å². The zero-order valence-electron chi connectivity index (χ0n) is 15.6. The van der Waals surface area contributed by atoms with Crippen molar-refractivity contribution in [2.75, 3.05) is 5.32 Å². The van der Waals surface area contributed by atoms with Crippen molar-refractivity contribution in [3.63, 3.8) is 0 Å². The first-order chi connectivity index (χ1) is 11.7. The SMILES string of the molecule is CCC(C)(C)NC(=O)c1ccc(NC(=O)C[C@@H]2CCC[C@H]2N)cc1Cl.Cl. The molecule has 0 aromatic heterocycles. The van der Waals surface area contributed by atoms with E-state index in [1.807, 2.05) is 20.8 Å². The van der Waals surface area contributed by atoms with Gasteiger partial charge >= 0.3 is 0 Å². The quantitative estimate of drug-likeness (QED) is 0.669. The number of anilines is 1. The highest BCUT2D eigenvalue weighted by Crippen LogP contribution is 2.28. The van der Waals surface area contributed by atoms with E-state index < -0.39 is 0 Å². The summed E-state index contributed by atoms with van der Waals surface area (Å²) in [6.07, 6.45) is 4.31. The molecule has 0 heterocycles. The zero-order chi connectivity index (χ0) is 18.6. The van der Waals surface area contributed by atoms with Gasteiger partial charge in [-0.3, -0.25) is 9.59 Å². The largest absolute Gasteiger partial charge is 0.347 e. The Morgan fingerprint density at radius 3 is 2.54 bits per heavy atom. The molecule has 0 aliphatic heterocycles. The number of amides is 2. The standard InChI is InChI=1S/C19H28ClN3O2.ClH/c1-4-19(2,3)23-18(25)14-9-8-13(11-15(14)20)22-17(24)10-12-6-5-7-16(12)21;/h8-9,11-12,16H,4-7,10,21H2,1-3H3,(H,22,24)(H,23,25);1H/t12-,16+;/m0./s1. The molecule has 1 aliphatic carbocycles. The molecule has 26 heavy (non-hydrogen) atoms. The molecule has 2 amide bonds. The Kier molecular flexibility index (Phi) is 8.38. The van der Waals surface area contributed by atoms with E-state index in [9.17, 15) is 9.59 Å². The van der Waals surface area contributed by atoms with Crippen LogP contribution in [0.4, 0.5) is 5.69 Å². The molecule has 0 unspecified atom stereocenters. The second-order valence-corrected chi connectivity index (χ2v) is 7.90. The number of hydrogen-bond acceptors (Lipinski definition) is 3. The van der Waals surface area contributed by atoms with Gasteiger partial charge in [0.1, 0.15) is 0 Å². The molecule has 1 aromatic carbocycles. The molecule has 4 N–H and O–H groups in total. The number of hydrogen-bond donors (Lipinski definition) is 3. The molecule has 1 saturated carbocycles. The van der Waals surface area contributed by atoms with Crippen LogP contribution in [0, 0.1) is 5.92 Å². The lowest BCUT2D eigenvalue weighted by Crippen LogP contribution is -2.42. The van der Waals surface area contributed by atoms with Gasteiger partial charge in [-0.1, -0.05) is 24.9 Å². The minimum atomic E-state index is -0.298. The molecule has 0 saturated heterocycles. The van der Waals surface area contributed by atoms with Gasteiger partial charge in [0.25, 0.3) is 5.91 Å². The summed E-state index contributed by atoms with van der Waals surface area (Å²) in [5.41, 5.74) is 6.71. The average molecular weight is 402 g/mol. The Morgan fingerprint density at radius 2 is 2.00 bits per heavy atom. The van der Waals surface area contributed by atoms with Crippen LogP contribution < -0.4 is 16.4 Å². The van der Waals surface area contributed by atoms with Gasteiger partial charge in [0.2, 0.25) is 5.91 Å². The summed E-state index contributed by atoms with van der Waals surface area (Å²) >= 11 is 6.24. The highest BCUT2D eigenvalue weighted by Gasteiger charge is 2.26. The third-order valence-electron chi connectivity index (χ3n) is 5.00. The Balaban J connectivity index is 0.00000338. The van der Waals surface area contributed by atoms with Gasteiger partial charge in [-0.05, 0) is 57.2 Å². The van der Waals surface area contributed by atoms with Crippen molar-refractivity contribution in [3.8, 4) is 0 Å². The number of halogens is 2. The number of nitrogens with two attached hydrogens (primary N) is 1. The molecule has 1 aromatic rings. The summed E-state index contributed by atoms with van der Waals surface area (Å²) in [6, 6.07) is 5.07. The molecule has 0 radical (unpaired) electrons. The van der Waals surface area contributed by atoms with Gasteiger partial charge in [0.05, 0.1) is 10.6 Å².